The number of hydrogen-bond acceptors (Lipinski definition) is 5. The summed E-state index contributed by atoms with van der Waals surface area (Å²) in [5.74, 6) is -0.120. The van der Waals surface area contributed by atoms with Gasteiger partial charge >= 0.3 is 0 Å². The van der Waals surface area contributed by atoms with Crippen molar-refractivity contribution in [2.24, 2.45) is 0 Å². The summed E-state index contributed by atoms with van der Waals surface area (Å²) in [4.78, 5) is 11.3. The van der Waals surface area contributed by atoms with Gasteiger partial charge in [-0.3, -0.25) is 4.79 Å². The van der Waals surface area contributed by atoms with E-state index in [-0.39, 0.29) is 10.7 Å². The third-order valence-corrected chi connectivity index (χ3v) is 4.70. The molecule has 21 heavy (non-hydrogen) atoms. The zero-order valence-corrected chi connectivity index (χ0v) is 11.9. The van der Waals surface area contributed by atoms with Crippen molar-refractivity contribution in [1.29, 1.82) is 0 Å². The molecule has 0 N–H and O–H groups in total. The van der Waals surface area contributed by atoms with E-state index in [0.717, 1.165) is 4.09 Å². The van der Waals surface area contributed by atoms with Crippen molar-refractivity contribution in [2.75, 3.05) is 0 Å². The lowest BCUT2D eigenvalue weighted by Crippen LogP contribution is -2.14. The standard InChI is InChI=1S/C14H11N3O3S/c1-10(18)11-6-8-12(9-7-11)21(19,20)17-14-5-3-2-4-13(14)15-16-17/h2-9H,1H3. The van der Waals surface area contributed by atoms with Gasteiger partial charge in [0.1, 0.15) is 11.0 Å². The molecule has 0 radical (unpaired) electrons. The molecule has 0 aliphatic heterocycles. The molecule has 0 saturated carbocycles. The van der Waals surface area contributed by atoms with E-state index in [2.05, 4.69) is 10.3 Å². The second-order valence-corrected chi connectivity index (χ2v) is 6.27. The first-order chi connectivity index (χ1) is 10.00. The Bertz CT molecular complexity index is 928. The third kappa shape index (κ3) is 2.21. The van der Waals surface area contributed by atoms with Gasteiger partial charge in [0.05, 0.1) is 4.90 Å². The Morgan fingerprint density at radius 3 is 2.38 bits per heavy atom. The van der Waals surface area contributed by atoms with Crippen LogP contribution >= 0.6 is 0 Å². The highest BCUT2D eigenvalue weighted by atomic mass is 32.2. The van der Waals surface area contributed by atoms with Gasteiger partial charge in [0.15, 0.2) is 5.78 Å². The van der Waals surface area contributed by atoms with Crippen molar-refractivity contribution >= 4 is 26.8 Å². The first kappa shape index (κ1) is 13.4. The highest BCUT2D eigenvalue weighted by Crippen LogP contribution is 2.19. The van der Waals surface area contributed by atoms with E-state index in [1.54, 1.807) is 24.3 Å². The van der Waals surface area contributed by atoms with E-state index in [1.807, 2.05) is 0 Å². The van der Waals surface area contributed by atoms with Crippen LogP contribution in [0, 0.1) is 0 Å². The Labute approximate surface area is 121 Å². The normalized spacial score (nSPS) is 11.7. The van der Waals surface area contributed by atoms with Gasteiger partial charge in [-0.05, 0) is 31.2 Å². The van der Waals surface area contributed by atoms with Gasteiger partial charge in [-0.15, -0.1) is 9.19 Å². The molecule has 1 heterocycles. The van der Waals surface area contributed by atoms with Crippen LogP contribution in [0.25, 0.3) is 11.0 Å². The summed E-state index contributed by atoms with van der Waals surface area (Å²) < 4.78 is 26.0. The van der Waals surface area contributed by atoms with Gasteiger partial charge in [0.2, 0.25) is 0 Å². The number of Topliss-reactive ketones (excluding diaryl/α,β-unsaturated/α-hetero) is 1. The smallest absolute Gasteiger partial charge is 0.284 e. The first-order valence-corrected chi connectivity index (χ1v) is 7.61. The Kier molecular flexibility index (Phi) is 3.06. The minimum atomic E-state index is -3.83. The second-order valence-electron chi connectivity index (χ2n) is 4.51. The fraction of sp³-hybridized carbons (Fsp3) is 0.0714. The summed E-state index contributed by atoms with van der Waals surface area (Å²) in [5, 5.41) is 7.55. The molecule has 3 rings (SSSR count). The first-order valence-electron chi connectivity index (χ1n) is 6.17. The van der Waals surface area contributed by atoms with Crippen LogP contribution in [-0.2, 0) is 10.0 Å². The van der Waals surface area contributed by atoms with Gasteiger partial charge in [-0.1, -0.05) is 29.5 Å². The molecular formula is C14H11N3O3S. The molecule has 7 heteroatoms. The number of nitrogens with zero attached hydrogens (tertiary/aromatic N) is 3. The van der Waals surface area contributed by atoms with Crippen molar-refractivity contribution in [3.05, 3.63) is 54.1 Å². The van der Waals surface area contributed by atoms with Crippen LogP contribution < -0.4 is 0 Å². The maximum Gasteiger partial charge on any atom is 0.284 e. The Balaban J connectivity index is 2.14. The van der Waals surface area contributed by atoms with E-state index in [1.165, 1.54) is 31.2 Å². The fourth-order valence-electron chi connectivity index (χ4n) is 1.99. The molecule has 1 aromatic heterocycles. The average molecular weight is 301 g/mol. The number of ketones is 1. The van der Waals surface area contributed by atoms with Crippen molar-refractivity contribution in [2.45, 2.75) is 11.8 Å². The number of aromatic nitrogens is 3. The molecular weight excluding hydrogens is 290 g/mol. The Morgan fingerprint density at radius 1 is 1.05 bits per heavy atom. The largest absolute Gasteiger partial charge is 0.295 e. The van der Waals surface area contributed by atoms with Gasteiger partial charge in [-0.25, -0.2) is 0 Å². The van der Waals surface area contributed by atoms with Gasteiger partial charge < -0.3 is 0 Å². The summed E-state index contributed by atoms with van der Waals surface area (Å²) in [6, 6.07) is 12.5. The molecule has 2 aromatic carbocycles. The van der Waals surface area contributed by atoms with Crippen LogP contribution in [0.4, 0.5) is 0 Å². The molecule has 0 atom stereocenters. The number of para-hydroxylation sites is 1. The molecule has 0 aliphatic rings. The lowest BCUT2D eigenvalue weighted by atomic mass is 10.2. The molecule has 0 saturated heterocycles. The monoisotopic (exact) mass is 301 g/mol. The third-order valence-electron chi connectivity index (χ3n) is 3.11. The van der Waals surface area contributed by atoms with Crippen LogP contribution in [0.15, 0.2) is 53.4 Å². The molecule has 3 aromatic rings. The van der Waals surface area contributed by atoms with Crippen LogP contribution in [-0.4, -0.2) is 28.6 Å². The molecule has 0 fully saturated rings. The average Bonchev–Trinajstić information content (AvgIpc) is 2.92. The summed E-state index contributed by atoms with van der Waals surface area (Å²) in [7, 11) is -3.83. The zero-order chi connectivity index (χ0) is 15.0. The lowest BCUT2D eigenvalue weighted by molar-refractivity contribution is 0.101. The molecule has 0 unspecified atom stereocenters. The lowest BCUT2D eigenvalue weighted by Gasteiger charge is -2.05. The number of rotatable bonds is 3. The predicted octanol–water partition coefficient (Wildman–Crippen LogP) is 1.87. The summed E-state index contributed by atoms with van der Waals surface area (Å²) >= 11 is 0. The number of carbonyl (C=O) groups excluding carboxylic acids is 1. The van der Waals surface area contributed by atoms with E-state index >= 15 is 0 Å². The van der Waals surface area contributed by atoms with Crippen LogP contribution in [0.1, 0.15) is 17.3 Å². The van der Waals surface area contributed by atoms with E-state index in [0.29, 0.717) is 16.6 Å². The quantitative estimate of drug-likeness (QED) is 0.690. The number of fused-ring (bicyclic) bond motifs is 1. The highest BCUT2D eigenvalue weighted by molar-refractivity contribution is 7.90. The topological polar surface area (TPSA) is 81.9 Å². The molecule has 6 nitrogen and oxygen atoms in total. The number of benzene rings is 2. The molecule has 106 valence electrons. The number of carbonyl (C=O) groups is 1. The van der Waals surface area contributed by atoms with Crippen molar-refractivity contribution in [3.63, 3.8) is 0 Å². The molecule has 0 spiro atoms. The van der Waals surface area contributed by atoms with Crippen molar-refractivity contribution in [3.8, 4) is 0 Å². The van der Waals surface area contributed by atoms with Gasteiger partial charge in [0.25, 0.3) is 10.0 Å². The summed E-state index contributed by atoms with van der Waals surface area (Å²) in [6.07, 6.45) is 0. The Hall–Kier alpha value is -2.54. The maximum atomic E-state index is 12.6. The van der Waals surface area contributed by atoms with Crippen LogP contribution in [0.2, 0.25) is 0 Å². The second kappa shape index (κ2) is 4.78. The maximum absolute atomic E-state index is 12.6. The predicted molar refractivity (Wildman–Crippen MR) is 76.6 cm³/mol. The number of hydrogen-bond donors (Lipinski definition) is 0. The fourth-order valence-corrected chi connectivity index (χ4v) is 3.21. The molecule has 0 aliphatic carbocycles. The van der Waals surface area contributed by atoms with Gasteiger partial charge in [0, 0.05) is 5.56 Å². The van der Waals surface area contributed by atoms with Crippen molar-refractivity contribution < 1.29 is 13.2 Å². The van der Waals surface area contributed by atoms with E-state index in [4.69, 9.17) is 0 Å². The molecule has 0 bridgehead atoms. The van der Waals surface area contributed by atoms with Crippen LogP contribution in [0.3, 0.4) is 0 Å². The zero-order valence-electron chi connectivity index (χ0n) is 11.1. The van der Waals surface area contributed by atoms with Crippen molar-refractivity contribution in [1.82, 2.24) is 14.4 Å². The minimum Gasteiger partial charge on any atom is -0.295 e. The summed E-state index contributed by atoms with van der Waals surface area (Å²) in [5.41, 5.74) is 1.37. The van der Waals surface area contributed by atoms with Crippen LogP contribution in [0.5, 0.6) is 0 Å². The SMILES string of the molecule is CC(=O)c1ccc(S(=O)(=O)n2nnc3ccccc32)cc1. The molecule has 0 amide bonds. The van der Waals surface area contributed by atoms with E-state index in [9.17, 15) is 13.2 Å². The van der Waals surface area contributed by atoms with Gasteiger partial charge in [-0.2, -0.15) is 8.42 Å². The highest BCUT2D eigenvalue weighted by Gasteiger charge is 2.21. The summed E-state index contributed by atoms with van der Waals surface area (Å²) in [6.45, 7) is 1.43. The Morgan fingerprint density at radius 2 is 1.71 bits per heavy atom. The minimum absolute atomic E-state index is 0.0585. The van der Waals surface area contributed by atoms with E-state index < -0.39 is 10.0 Å².